The lowest BCUT2D eigenvalue weighted by atomic mass is 10.1. The third kappa shape index (κ3) is 4.52. The van der Waals surface area contributed by atoms with Gasteiger partial charge in [-0.3, -0.25) is 4.79 Å². The maximum absolute atomic E-state index is 13.4. The van der Waals surface area contributed by atoms with Gasteiger partial charge < -0.3 is 13.3 Å². The Labute approximate surface area is 200 Å². The number of fused-ring (bicyclic) bond motifs is 2. The van der Waals surface area contributed by atoms with E-state index in [-0.39, 0.29) is 15.5 Å². The molecule has 0 saturated heterocycles. The summed E-state index contributed by atoms with van der Waals surface area (Å²) in [6.07, 6.45) is 0. The van der Waals surface area contributed by atoms with Gasteiger partial charge in [-0.25, -0.2) is 0 Å². The van der Waals surface area contributed by atoms with Crippen LogP contribution in [0.4, 0.5) is 0 Å². The summed E-state index contributed by atoms with van der Waals surface area (Å²) in [5.41, 5.74) is 2.90. The fourth-order valence-corrected chi connectivity index (χ4v) is 5.45. The predicted molar refractivity (Wildman–Crippen MR) is 145 cm³/mol. The minimum absolute atomic E-state index is 0.0183. The number of hydrogen-bond donors (Lipinski definition) is 0. The van der Waals surface area contributed by atoms with Crippen LogP contribution in [0.3, 0.4) is 0 Å². The van der Waals surface area contributed by atoms with Crippen molar-refractivity contribution in [2.24, 2.45) is 0 Å². The summed E-state index contributed by atoms with van der Waals surface area (Å²) >= 11 is 0. The van der Waals surface area contributed by atoms with Crippen LogP contribution in [0.1, 0.15) is 52.7 Å². The highest BCUT2D eigenvalue weighted by atomic mass is 28.4. The Morgan fingerprint density at radius 2 is 1.00 bits per heavy atom. The summed E-state index contributed by atoms with van der Waals surface area (Å²) in [7, 11) is -4.06. The molecule has 0 atom stereocenters. The van der Waals surface area contributed by atoms with E-state index < -0.39 is 16.6 Å². The molecular weight excluding hydrogens is 444 g/mol. The molecule has 0 saturated carbocycles. The van der Waals surface area contributed by atoms with Crippen LogP contribution >= 0.6 is 0 Å². The van der Waals surface area contributed by atoms with Crippen LogP contribution in [-0.2, 0) is 0 Å². The first-order valence-corrected chi connectivity index (χ1v) is 17.6. The summed E-state index contributed by atoms with van der Waals surface area (Å²) in [5.74, 6) is 1.59. The lowest BCUT2D eigenvalue weighted by Gasteiger charge is -2.37. The van der Waals surface area contributed by atoms with Gasteiger partial charge in [-0.15, -0.1) is 0 Å². The highest BCUT2D eigenvalue weighted by molar-refractivity contribution is 6.75. The van der Waals surface area contributed by atoms with Crippen LogP contribution < -0.4 is 14.3 Å². The zero-order valence-electron chi connectivity index (χ0n) is 22.4. The summed E-state index contributed by atoms with van der Waals surface area (Å²) in [5, 5.41) is 1.32. The first kappa shape index (κ1) is 25.6. The molecule has 180 valence electrons. The van der Waals surface area contributed by atoms with Crippen LogP contribution in [-0.4, -0.2) is 16.6 Å². The standard InChI is InChI=1S/C27H40O4Si2/c1-17-21(30-32(9,10)26(3,4)5)15-13-19-23(28)20-14-16-22(18(2)25(20)29-24(17)19)31-33(11,12)27(6,7)8/h13-16H,1-12H3. The lowest BCUT2D eigenvalue weighted by molar-refractivity contribution is 0.487. The van der Waals surface area contributed by atoms with E-state index in [4.69, 9.17) is 13.3 Å². The Balaban J connectivity index is 2.21. The van der Waals surface area contributed by atoms with E-state index in [1.807, 2.05) is 38.1 Å². The summed E-state index contributed by atoms with van der Waals surface area (Å²) in [6.45, 7) is 26.2. The fourth-order valence-electron chi connectivity index (χ4n) is 3.29. The average molecular weight is 485 g/mol. The van der Waals surface area contributed by atoms with Gasteiger partial charge in [-0.1, -0.05) is 41.5 Å². The van der Waals surface area contributed by atoms with Crippen molar-refractivity contribution in [1.29, 1.82) is 0 Å². The second-order valence-corrected chi connectivity index (χ2v) is 21.7. The Hall–Kier alpha value is -2.06. The minimum atomic E-state index is -2.03. The van der Waals surface area contributed by atoms with E-state index in [0.717, 1.165) is 22.6 Å². The van der Waals surface area contributed by atoms with Gasteiger partial charge in [0.2, 0.25) is 22.1 Å². The normalized spacial score (nSPS) is 13.6. The zero-order valence-corrected chi connectivity index (χ0v) is 24.4. The Morgan fingerprint density at radius 3 is 1.30 bits per heavy atom. The molecule has 0 bridgehead atoms. The van der Waals surface area contributed by atoms with Crippen LogP contribution in [0, 0.1) is 13.8 Å². The molecule has 0 amide bonds. The molecule has 0 aliphatic rings. The quantitative estimate of drug-likeness (QED) is 0.276. The molecule has 6 heteroatoms. The Morgan fingerprint density at radius 1 is 0.667 bits per heavy atom. The second kappa shape index (κ2) is 8.02. The van der Waals surface area contributed by atoms with E-state index in [1.54, 1.807) is 0 Å². The number of aryl methyl sites for hydroxylation is 2. The van der Waals surface area contributed by atoms with Crippen molar-refractivity contribution in [3.05, 3.63) is 45.6 Å². The van der Waals surface area contributed by atoms with Crippen molar-refractivity contribution < 1.29 is 13.3 Å². The first-order valence-electron chi connectivity index (χ1n) is 11.8. The molecular formula is C27H40O4Si2. The van der Waals surface area contributed by atoms with Crippen molar-refractivity contribution in [3.63, 3.8) is 0 Å². The van der Waals surface area contributed by atoms with Gasteiger partial charge in [0.25, 0.3) is 0 Å². The molecule has 0 aliphatic carbocycles. The predicted octanol–water partition coefficient (Wildman–Crippen LogP) is 8.33. The molecule has 3 rings (SSSR count). The van der Waals surface area contributed by atoms with Gasteiger partial charge in [-0.2, -0.15) is 0 Å². The Bertz CT molecular complexity index is 1180. The maximum atomic E-state index is 13.4. The summed E-state index contributed by atoms with van der Waals surface area (Å²) in [6, 6.07) is 7.52. The van der Waals surface area contributed by atoms with Gasteiger partial charge in [0.1, 0.15) is 22.7 Å². The van der Waals surface area contributed by atoms with Crippen LogP contribution in [0.5, 0.6) is 11.5 Å². The summed E-state index contributed by atoms with van der Waals surface area (Å²) in [4.78, 5) is 13.4. The number of benzene rings is 2. The van der Waals surface area contributed by atoms with E-state index in [2.05, 4.69) is 67.7 Å². The molecule has 0 N–H and O–H groups in total. The third-order valence-corrected chi connectivity index (χ3v) is 16.4. The van der Waals surface area contributed by atoms with Gasteiger partial charge in [-0.05, 0) is 74.4 Å². The van der Waals surface area contributed by atoms with Crippen LogP contribution in [0.25, 0.3) is 21.9 Å². The molecule has 2 aromatic carbocycles. The molecule has 4 nitrogen and oxygen atoms in total. The van der Waals surface area contributed by atoms with E-state index in [0.29, 0.717) is 21.9 Å². The lowest BCUT2D eigenvalue weighted by Crippen LogP contribution is -2.44. The van der Waals surface area contributed by atoms with E-state index in [9.17, 15) is 4.79 Å². The molecule has 33 heavy (non-hydrogen) atoms. The van der Waals surface area contributed by atoms with Crippen molar-refractivity contribution in [3.8, 4) is 11.5 Å². The largest absolute Gasteiger partial charge is 0.543 e. The van der Waals surface area contributed by atoms with Gasteiger partial charge in [0, 0.05) is 11.1 Å². The van der Waals surface area contributed by atoms with Crippen molar-refractivity contribution in [1.82, 2.24) is 0 Å². The summed E-state index contributed by atoms with van der Waals surface area (Å²) < 4.78 is 19.6. The van der Waals surface area contributed by atoms with Crippen molar-refractivity contribution >= 4 is 38.6 Å². The molecule has 3 aromatic rings. The van der Waals surface area contributed by atoms with Crippen molar-refractivity contribution in [2.45, 2.75) is 91.7 Å². The number of rotatable bonds is 4. The molecule has 0 unspecified atom stereocenters. The van der Waals surface area contributed by atoms with Crippen LogP contribution in [0.2, 0.25) is 36.3 Å². The highest BCUT2D eigenvalue weighted by Gasteiger charge is 2.40. The second-order valence-electron chi connectivity index (χ2n) is 12.3. The minimum Gasteiger partial charge on any atom is -0.543 e. The fraction of sp³-hybridized carbons (Fsp3) is 0.519. The van der Waals surface area contributed by atoms with Gasteiger partial charge in [0.15, 0.2) is 0 Å². The van der Waals surface area contributed by atoms with Gasteiger partial charge >= 0.3 is 0 Å². The molecule has 0 fully saturated rings. The first-order chi connectivity index (χ1) is 14.9. The Kier molecular flexibility index (Phi) is 6.21. The SMILES string of the molecule is Cc1c(O[Si](C)(C)C(C)(C)C)ccc2c(=O)c3ccc(O[Si](C)(C)C(C)(C)C)c(C)c3oc12. The molecule has 1 aromatic heterocycles. The molecule has 0 aliphatic heterocycles. The maximum Gasteiger partial charge on any atom is 0.250 e. The van der Waals surface area contributed by atoms with Gasteiger partial charge in [0.05, 0.1) is 10.8 Å². The van der Waals surface area contributed by atoms with E-state index >= 15 is 0 Å². The molecule has 0 radical (unpaired) electrons. The average Bonchev–Trinajstić information content (AvgIpc) is 2.65. The number of hydrogen-bond acceptors (Lipinski definition) is 4. The van der Waals surface area contributed by atoms with Crippen LogP contribution in [0.15, 0.2) is 33.5 Å². The smallest absolute Gasteiger partial charge is 0.250 e. The third-order valence-electron chi connectivity index (χ3n) is 7.75. The highest BCUT2D eigenvalue weighted by Crippen LogP contribution is 2.41. The topological polar surface area (TPSA) is 48.7 Å². The molecule has 0 spiro atoms. The van der Waals surface area contributed by atoms with E-state index in [1.165, 1.54) is 0 Å². The van der Waals surface area contributed by atoms with Crippen molar-refractivity contribution in [2.75, 3.05) is 0 Å². The zero-order chi connectivity index (χ0) is 25.1. The monoisotopic (exact) mass is 484 g/mol. The molecule has 1 heterocycles.